The van der Waals surface area contributed by atoms with Crippen molar-refractivity contribution in [2.75, 3.05) is 19.4 Å². The van der Waals surface area contributed by atoms with Gasteiger partial charge in [-0.15, -0.1) is 5.10 Å². The third-order valence-corrected chi connectivity index (χ3v) is 6.80. The summed E-state index contributed by atoms with van der Waals surface area (Å²) in [5, 5.41) is 8.15. The molecule has 14 heteroatoms. The highest BCUT2D eigenvalue weighted by Gasteiger charge is 2.24. The predicted octanol–water partition coefficient (Wildman–Crippen LogP) is 0.993. The fourth-order valence-corrected chi connectivity index (χ4v) is 4.82. The Morgan fingerprint density at radius 3 is 2.43 bits per heavy atom. The van der Waals surface area contributed by atoms with Crippen LogP contribution >= 0.6 is 19.2 Å². The van der Waals surface area contributed by atoms with Crippen molar-refractivity contribution in [3.05, 3.63) is 38.0 Å². The van der Waals surface area contributed by atoms with Crippen molar-refractivity contribution in [3.8, 4) is 0 Å². The number of imidazole rings is 1. The van der Waals surface area contributed by atoms with E-state index in [2.05, 4.69) is 15.3 Å². The summed E-state index contributed by atoms with van der Waals surface area (Å²) >= 11 is 6.23. The molecule has 0 fully saturated rings. The number of aromatic nitrogens is 7. The average molecular weight is 460 g/mol. The van der Waals surface area contributed by atoms with Crippen LogP contribution in [0.3, 0.4) is 0 Å². The van der Waals surface area contributed by atoms with E-state index in [0.29, 0.717) is 5.69 Å². The zero-order valence-corrected chi connectivity index (χ0v) is 18.8. The zero-order chi connectivity index (χ0) is 22.1. The van der Waals surface area contributed by atoms with Crippen LogP contribution in [0.5, 0.6) is 0 Å². The molecule has 0 unspecified atom stereocenters. The van der Waals surface area contributed by atoms with Crippen molar-refractivity contribution in [1.82, 2.24) is 33.7 Å². The third-order valence-electron chi connectivity index (χ3n) is 4.46. The second-order valence-electron chi connectivity index (χ2n) is 6.49. The van der Waals surface area contributed by atoms with Gasteiger partial charge in [0, 0.05) is 14.1 Å². The zero-order valence-electron chi connectivity index (χ0n) is 17.1. The molecule has 3 rings (SSSR count). The normalized spacial score (nSPS) is 12.2. The van der Waals surface area contributed by atoms with E-state index in [0.717, 1.165) is 4.57 Å². The Morgan fingerprint density at radius 1 is 1.13 bits per heavy atom. The molecule has 0 saturated carbocycles. The first-order chi connectivity index (χ1) is 14.2. The summed E-state index contributed by atoms with van der Waals surface area (Å²) in [7, 11) is -0.290. The van der Waals surface area contributed by atoms with Crippen LogP contribution in [0.15, 0.2) is 15.8 Å². The van der Waals surface area contributed by atoms with Gasteiger partial charge >= 0.3 is 13.3 Å². The summed E-state index contributed by atoms with van der Waals surface area (Å²) < 4.78 is 28.3. The summed E-state index contributed by atoms with van der Waals surface area (Å²) in [6, 6.07) is 0. The predicted molar refractivity (Wildman–Crippen MR) is 110 cm³/mol. The standard InChI is InChI=1S/C16H23ClN7O5P/c1-5-28-30(27,29-6-2)8-7-23-9-11(19-20-23)10-24-12-13(18-15(24)17)21(3)16(26)22(4)14(12)25/h9H,5-8,10H2,1-4H3. The number of hydrogen-bond acceptors (Lipinski definition) is 8. The van der Waals surface area contributed by atoms with Crippen LogP contribution in [0.1, 0.15) is 19.5 Å². The Hall–Kier alpha value is -2.27. The van der Waals surface area contributed by atoms with Gasteiger partial charge < -0.3 is 13.6 Å². The van der Waals surface area contributed by atoms with Crippen molar-refractivity contribution in [3.63, 3.8) is 0 Å². The van der Waals surface area contributed by atoms with E-state index in [9.17, 15) is 14.2 Å². The number of aryl methyl sites for hydroxylation is 2. The molecular formula is C16H23ClN7O5P. The van der Waals surface area contributed by atoms with E-state index < -0.39 is 18.8 Å². The molecular weight excluding hydrogens is 437 g/mol. The largest absolute Gasteiger partial charge is 0.332 e. The fraction of sp³-hybridized carbons (Fsp3) is 0.562. The molecule has 3 aromatic rings. The number of hydrogen-bond donors (Lipinski definition) is 0. The lowest BCUT2D eigenvalue weighted by atomic mass is 10.4. The van der Waals surface area contributed by atoms with Crippen molar-refractivity contribution in [2.45, 2.75) is 26.9 Å². The maximum Gasteiger partial charge on any atom is 0.332 e. The Labute approximate surface area is 176 Å². The molecule has 0 saturated heterocycles. The molecule has 0 radical (unpaired) electrons. The minimum absolute atomic E-state index is 0.0510. The Kier molecular flexibility index (Phi) is 6.61. The molecule has 0 spiro atoms. The van der Waals surface area contributed by atoms with E-state index in [4.69, 9.17) is 20.6 Å². The van der Waals surface area contributed by atoms with Crippen LogP contribution in [0.2, 0.25) is 5.28 Å². The lowest BCUT2D eigenvalue weighted by Crippen LogP contribution is -2.37. The lowest BCUT2D eigenvalue weighted by Gasteiger charge is -2.16. The third kappa shape index (κ3) is 4.27. The molecule has 30 heavy (non-hydrogen) atoms. The summed E-state index contributed by atoms with van der Waals surface area (Å²) in [6.45, 7) is 4.46. The number of fused-ring (bicyclic) bond motifs is 1. The van der Waals surface area contributed by atoms with Gasteiger partial charge in [-0.3, -0.25) is 23.2 Å². The highest BCUT2D eigenvalue weighted by atomic mass is 35.5. The van der Waals surface area contributed by atoms with Crippen LogP contribution in [0.4, 0.5) is 0 Å². The van der Waals surface area contributed by atoms with Gasteiger partial charge in [-0.05, 0) is 25.4 Å². The number of nitrogens with zero attached hydrogens (tertiary/aromatic N) is 7. The molecule has 0 N–H and O–H groups in total. The molecule has 164 valence electrons. The molecule has 0 bridgehead atoms. The molecule has 0 aromatic carbocycles. The van der Waals surface area contributed by atoms with Crippen LogP contribution < -0.4 is 11.2 Å². The quantitative estimate of drug-likeness (QED) is 0.342. The summed E-state index contributed by atoms with van der Waals surface area (Å²) in [5.74, 6) is 0. The average Bonchev–Trinajstić information content (AvgIpc) is 3.29. The number of rotatable bonds is 9. The van der Waals surface area contributed by atoms with Gasteiger partial charge in [-0.2, -0.15) is 4.98 Å². The van der Waals surface area contributed by atoms with Crippen LogP contribution in [-0.4, -0.2) is 53.1 Å². The van der Waals surface area contributed by atoms with Crippen molar-refractivity contribution in [1.29, 1.82) is 0 Å². The van der Waals surface area contributed by atoms with Gasteiger partial charge in [0.25, 0.3) is 5.56 Å². The van der Waals surface area contributed by atoms with Gasteiger partial charge in [0.2, 0.25) is 5.28 Å². The van der Waals surface area contributed by atoms with E-state index >= 15 is 0 Å². The van der Waals surface area contributed by atoms with Crippen molar-refractivity contribution in [2.24, 2.45) is 14.1 Å². The Balaban J connectivity index is 1.86. The maximum atomic E-state index is 12.6. The minimum atomic E-state index is -3.20. The topological polar surface area (TPSA) is 128 Å². The van der Waals surface area contributed by atoms with Gasteiger partial charge in [0.05, 0.1) is 38.7 Å². The molecule has 0 aliphatic carbocycles. The van der Waals surface area contributed by atoms with Gasteiger partial charge in [-0.1, -0.05) is 5.21 Å². The Bertz CT molecular complexity index is 1220. The van der Waals surface area contributed by atoms with Crippen LogP contribution in [0, 0.1) is 0 Å². The molecule has 0 aliphatic heterocycles. The molecule has 0 atom stereocenters. The maximum absolute atomic E-state index is 12.6. The first-order valence-electron chi connectivity index (χ1n) is 9.29. The van der Waals surface area contributed by atoms with Gasteiger partial charge in [-0.25, -0.2) is 4.79 Å². The van der Waals surface area contributed by atoms with Gasteiger partial charge in [0.1, 0.15) is 5.69 Å². The summed E-state index contributed by atoms with van der Waals surface area (Å²) in [6.07, 6.45) is 1.80. The van der Waals surface area contributed by atoms with E-state index in [1.807, 2.05) is 0 Å². The molecule has 0 amide bonds. The molecule has 3 aromatic heterocycles. The fourth-order valence-electron chi connectivity index (χ4n) is 3.03. The van der Waals surface area contributed by atoms with E-state index in [1.54, 1.807) is 20.0 Å². The number of halogens is 1. The Morgan fingerprint density at radius 2 is 1.80 bits per heavy atom. The monoisotopic (exact) mass is 459 g/mol. The van der Waals surface area contributed by atoms with Crippen LogP contribution in [-0.2, 0) is 40.8 Å². The van der Waals surface area contributed by atoms with E-state index in [1.165, 1.54) is 27.9 Å². The molecule has 12 nitrogen and oxygen atoms in total. The van der Waals surface area contributed by atoms with Crippen molar-refractivity contribution >= 4 is 30.4 Å². The smallest absolute Gasteiger partial charge is 0.309 e. The molecule has 3 heterocycles. The first-order valence-corrected chi connectivity index (χ1v) is 11.4. The van der Waals surface area contributed by atoms with E-state index in [-0.39, 0.29) is 48.9 Å². The second-order valence-corrected chi connectivity index (χ2v) is 9.01. The highest BCUT2D eigenvalue weighted by molar-refractivity contribution is 7.53. The SMILES string of the molecule is CCOP(=O)(CCn1cc(Cn2c(Cl)nc3c2c(=O)n(C)c(=O)n3C)nn1)OCC. The minimum Gasteiger partial charge on any atom is -0.309 e. The molecule has 0 aliphatic rings. The first kappa shape index (κ1) is 22.4. The lowest BCUT2D eigenvalue weighted by molar-refractivity contribution is 0.218. The van der Waals surface area contributed by atoms with Gasteiger partial charge in [0.15, 0.2) is 11.2 Å². The summed E-state index contributed by atoms with van der Waals surface area (Å²) in [4.78, 5) is 28.8. The highest BCUT2D eigenvalue weighted by Crippen LogP contribution is 2.47. The second kappa shape index (κ2) is 8.84. The summed E-state index contributed by atoms with van der Waals surface area (Å²) in [5.41, 5.74) is -0.108. The van der Waals surface area contributed by atoms with Crippen LogP contribution in [0.25, 0.3) is 11.2 Å². The van der Waals surface area contributed by atoms with Crippen molar-refractivity contribution < 1.29 is 13.6 Å².